The van der Waals surface area contributed by atoms with Crippen LogP contribution in [0.25, 0.3) is 0 Å². The number of benzene rings is 1. The quantitative estimate of drug-likeness (QED) is 0.731. The topological polar surface area (TPSA) is 29.5 Å². The van der Waals surface area contributed by atoms with Gasteiger partial charge >= 0.3 is 0 Å². The zero-order valence-electron chi connectivity index (χ0n) is 9.08. The van der Waals surface area contributed by atoms with Crippen LogP contribution in [0.2, 0.25) is 0 Å². The third-order valence-corrected chi connectivity index (χ3v) is 3.74. The highest BCUT2D eigenvalue weighted by atomic mass is 19.1. The van der Waals surface area contributed by atoms with Gasteiger partial charge in [0, 0.05) is 12.0 Å². The molecule has 16 heavy (non-hydrogen) atoms. The molecule has 1 fully saturated rings. The summed E-state index contributed by atoms with van der Waals surface area (Å²) in [6, 6.07) is 4.40. The summed E-state index contributed by atoms with van der Waals surface area (Å²) in [7, 11) is 0. The maximum atomic E-state index is 13.1. The Labute approximate surface area is 94.0 Å². The fourth-order valence-electron chi connectivity index (χ4n) is 2.94. The van der Waals surface area contributed by atoms with Crippen molar-refractivity contribution in [2.75, 3.05) is 0 Å². The Kier molecular flexibility index (Phi) is 2.18. The van der Waals surface area contributed by atoms with E-state index in [0.717, 1.165) is 25.7 Å². The molecule has 86 valence electrons. The van der Waals surface area contributed by atoms with Gasteiger partial charge in [-0.3, -0.25) is 0 Å². The van der Waals surface area contributed by atoms with Crippen molar-refractivity contribution in [3.8, 4) is 5.75 Å². The molecule has 1 atom stereocenters. The largest absolute Gasteiger partial charge is 0.487 e. The summed E-state index contributed by atoms with van der Waals surface area (Å²) in [5.74, 6) is 0.339. The maximum Gasteiger partial charge on any atom is 0.126 e. The lowest BCUT2D eigenvalue weighted by atomic mass is 9.87. The molecule has 1 aliphatic carbocycles. The first-order valence-corrected chi connectivity index (χ1v) is 5.85. The molecule has 0 saturated heterocycles. The molecular weight excluding hydrogens is 207 g/mol. The first-order valence-electron chi connectivity index (χ1n) is 5.85. The van der Waals surface area contributed by atoms with Crippen LogP contribution in [0.4, 0.5) is 4.39 Å². The van der Waals surface area contributed by atoms with E-state index in [2.05, 4.69) is 0 Å². The summed E-state index contributed by atoms with van der Waals surface area (Å²) in [6.45, 7) is 0. The van der Waals surface area contributed by atoms with E-state index >= 15 is 0 Å². The highest BCUT2D eigenvalue weighted by molar-refractivity contribution is 5.38. The lowest BCUT2D eigenvalue weighted by Gasteiger charge is -2.38. The van der Waals surface area contributed by atoms with Gasteiger partial charge in [0.25, 0.3) is 0 Å². The number of hydrogen-bond acceptors (Lipinski definition) is 2. The molecule has 1 N–H and O–H groups in total. The average molecular weight is 222 g/mol. The molecule has 2 aliphatic rings. The van der Waals surface area contributed by atoms with E-state index in [1.165, 1.54) is 12.1 Å². The predicted octanol–water partition coefficient (Wildman–Crippen LogP) is 2.95. The number of rotatable bonds is 0. The number of aliphatic hydroxyl groups excluding tert-OH is 1. The molecule has 0 aromatic heterocycles. The molecule has 0 amide bonds. The number of aliphatic hydroxyl groups is 1. The van der Waals surface area contributed by atoms with Crippen molar-refractivity contribution in [3.05, 3.63) is 29.6 Å². The van der Waals surface area contributed by atoms with Gasteiger partial charge in [0.2, 0.25) is 0 Å². The van der Waals surface area contributed by atoms with Crippen LogP contribution in [-0.2, 0) is 0 Å². The van der Waals surface area contributed by atoms with Gasteiger partial charge in [0.05, 0.1) is 6.10 Å². The van der Waals surface area contributed by atoms with Crippen molar-refractivity contribution in [3.63, 3.8) is 0 Å². The maximum absolute atomic E-state index is 13.1. The van der Waals surface area contributed by atoms with Gasteiger partial charge in [-0.05, 0) is 43.9 Å². The average Bonchev–Trinajstić information content (AvgIpc) is 2.68. The molecule has 3 heteroatoms. The minimum atomic E-state index is -0.586. The summed E-state index contributed by atoms with van der Waals surface area (Å²) in [6.07, 6.45) is 4.33. The number of hydrogen-bond donors (Lipinski definition) is 1. The molecule has 0 unspecified atom stereocenters. The van der Waals surface area contributed by atoms with Gasteiger partial charge in [-0.25, -0.2) is 4.39 Å². The Bertz CT molecular complexity index is 410. The van der Waals surface area contributed by atoms with E-state index in [1.807, 2.05) is 0 Å². The van der Waals surface area contributed by atoms with E-state index in [0.29, 0.717) is 17.7 Å². The van der Waals surface area contributed by atoms with Crippen LogP contribution in [0.15, 0.2) is 18.2 Å². The van der Waals surface area contributed by atoms with E-state index < -0.39 is 6.10 Å². The molecule has 1 aromatic carbocycles. The minimum absolute atomic E-state index is 0.190. The van der Waals surface area contributed by atoms with Crippen molar-refractivity contribution in [2.24, 2.45) is 0 Å². The first kappa shape index (κ1) is 10.1. The SMILES string of the molecule is O[C@H]1CC2(CCCC2)Oc2ccc(F)cc21. The van der Waals surface area contributed by atoms with Crippen molar-refractivity contribution >= 4 is 0 Å². The molecule has 1 saturated carbocycles. The van der Waals surface area contributed by atoms with Crippen LogP contribution in [-0.4, -0.2) is 10.7 Å². The number of fused-ring (bicyclic) bond motifs is 1. The van der Waals surface area contributed by atoms with Gasteiger partial charge in [0.1, 0.15) is 17.2 Å². The summed E-state index contributed by atoms with van der Waals surface area (Å²) in [5, 5.41) is 10.1. The number of ether oxygens (including phenoxy) is 1. The second-order valence-corrected chi connectivity index (χ2v) is 4.89. The molecule has 1 aromatic rings. The van der Waals surface area contributed by atoms with E-state index in [9.17, 15) is 9.50 Å². The van der Waals surface area contributed by atoms with E-state index in [1.54, 1.807) is 6.07 Å². The van der Waals surface area contributed by atoms with Gasteiger partial charge in [-0.2, -0.15) is 0 Å². The third kappa shape index (κ3) is 1.50. The van der Waals surface area contributed by atoms with Gasteiger partial charge in [0.15, 0.2) is 0 Å². The standard InChI is InChI=1S/C13H15FO2/c14-9-3-4-12-10(7-9)11(15)8-13(16-12)5-1-2-6-13/h3-4,7,11,15H,1-2,5-6,8H2/t11-/m0/s1. The smallest absolute Gasteiger partial charge is 0.126 e. The third-order valence-electron chi connectivity index (χ3n) is 3.74. The summed E-state index contributed by atoms with van der Waals surface area (Å²) in [4.78, 5) is 0. The molecular formula is C13H15FO2. The van der Waals surface area contributed by atoms with Crippen LogP contribution in [0.5, 0.6) is 5.75 Å². The molecule has 0 bridgehead atoms. The normalized spacial score (nSPS) is 26.5. The Morgan fingerprint density at radius 1 is 1.31 bits per heavy atom. The predicted molar refractivity (Wildman–Crippen MR) is 57.8 cm³/mol. The summed E-state index contributed by atoms with van der Waals surface area (Å²) in [5.41, 5.74) is 0.405. The summed E-state index contributed by atoms with van der Waals surface area (Å²) >= 11 is 0. The van der Waals surface area contributed by atoms with E-state index in [4.69, 9.17) is 4.74 Å². The molecule has 1 spiro atoms. The molecule has 1 heterocycles. The van der Waals surface area contributed by atoms with Crippen molar-refractivity contribution < 1.29 is 14.2 Å². The highest BCUT2D eigenvalue weighted by Gasteiger charge is 2.42. The molecule has 1 aliphatic heterocycles. The van der Waals surface area contributed by atoms with Gasteiger partial charge < -0.3 is 9.84 Å². The Morgan fingerprint density at radius 3 is 2.81 bits per heavy atom. The van der Waals surface area contributed by atoms with Crippen molar-refractivity contribution in [1.29, 1.82) is 0 Å². The fourth-order valence-corrected chi connectivity index (χ4v) is 2.94. The molecule has 3 rings (SSSR count). The lowest BCUT2D eigenvalue weighted by Crippen LogP contribution is -2.38. The minimum Gasteiger partial charge on any atom is -0.487 e. The highest BCUT2D eigenvalue weighted by Crippen LogP contribution is 2.47. The number of halogens is 1. The van der Waals surface area contributed by atoms with Crippen molar-refractivity contribution in [1.82, 2.24) is 0 Å². The zero-order chi connectivity index (χ0) is 11.2. The van der Waals surface area contributed by atoms with Crippen LogP contribution >= 0.6 is 0 Å². The van der Waals surface area contributed by atoms with Gasteiger partial charge in [-0.15, -0.1) is 0 Å². The monoisotopic (exact) mass is 222 g/mol. The molecule has 2 nitrogen and oxygen atoms in total. The Morgan fingerprint density at radius 2 is 2.06 bits per heavy atom. The van der Waals surface area contributed by atoms with Crippen molar-refractivity contribution in [2.45, 2.75) is 43.8 Å². The van der Waals surface area contributed by atoms with Crippen LogP contribution in [0, 0.1) is 5.82 Å². The van der Waals surface area contributed by atoms with Gasteiger partial charge in [-0.1, -0.05) is 0 Å². The lowest BCUT2D eigenvalue weighted by molar-refractivity contribution is -0.00962. The van der Waals surface area contributed by atoms with Crippen LogP contribution in [0.1, 0.15) is 43.8 Å². The molecule has 0 radical (unpaired) electrons. The fraction of sp³-hybridized carbons (Fsp3) is 0.538. The van der Waals surface area contributed by atoms with Crippen LogP contribution < -0.4 is 4.74 Å². The summed E-state index contributed by atoms with van der Waals surface area (Å²) < 4.78 is 19.0. The second kappa shape index (κ2) is 3.45. The Hall–Kier alpha value is -1.09. The second-order valence-electron chi connectivity index (χ2n) is 4.89. The zero-order valence-corrected chi connectivity index (χ0v) is 9.08. The van der Waals surface area contributed by atoms with E-state index in [-0.39, 0.29) is 11.4 Å². The first-order chi connectivity index (χ1) is 7.69. The Balaban J connectivity index is 1.99. The van der Waals surface area contributed by atoms with Crippen LogP contribution in [0.3, 0.4) is 0 Å².